The largest absolute Gasteiger partial charge is 0.478 e. The van der Waals surface area contributed by atoms with E-state index in [9.17, 15) is 9.90 Å². The summed E-state index contributed by atoms with van der Waals surface area (Å²) in [5.74, 6) is -0.904. The first kappa shape index (κ1) is 18.4. The molecule has 0 amide bonds. The van der Waals surface area contributed by atoms with E-state index in [1.165, 1.54) is 0 Å². The minimum atomic E-state index is -0.904. The van der Waals surface area contributed by atoms with Crippen molar-refractivity contribution < 1.29 is 9.90 Å². The van der Waals surface area contributed by atoms with Crippen LogP contribution in [0, 0.1) is 0 Å². The van der Waals surface area contributed by atoms with Crippen molar-refractivity contribution in [3.8, 4) is 0 Å². The van der Waals surface area contributed by atoms with Gasteiger partial charge in [-0.15, -0.1) is 0 Å². The van der Waals surface area contributed by atoms with Crippen molar-refractivity contribution in [2.24, 2.45) is 0 Å². The molecule has 0 radical (unpaired) electrons. The molecule has 0 saturated heterocycles. The first-order valence-electron chi connectivity index (χ1n) is 9.82. The Morgan fingerprint density at radius 3 is 2.43 bits per heavy atom. The first-order chi connectivity index (χ1) is 13.4. The number of nitrogens with one attached hydrogen (secondary N) is 2. The number of H-pyrrole nitrogens is 1. The van der Waals surface area contributed by atoms with E-state index < -0.39 is 5.97 Å². The molecule has 2 heterocycles. The van der Waals surface area contributed by atoms with Crippen LogP contribution in [0.25, 0.3) is 16.5 Å². The maximum atomic E-state index is 12.4. The number of hydrogen-bond acceptors (Lipinski definition) is 2. The van der Waals surface area contributed by atoms with Crippen LogP contribution in [0.4, 0.5) is 0 Å². The molecule has 0 fully saturated rings. The SMILES string of the molecule is CCC1NC(Cc2ccccc2)=C(C(=O)O)c2[nH]c3ccccc3c2C1(C)C. The molecular weight excluding hydrogens is 348 g/mol. The number of aliphatic carboxylic acids is 1. The number of aromatic amines is 1. The Balaban J connectivity index is 2.01. The Morgan fingerprint density at radius 2 is 1.75 bits per heavy atom. The van der Waals surface area contributed by atoms with Crippen molar-refractivity contribution >= 4 is 22.4 Å². The lowest BCUT2D eigenvalue weighted by Crippen LogP contribution is -2.43. The number of fused-ring (bicyclic) bond motifs is 3. The van der Waals surface area contributed by atoms with Crippen LogP contribution in [0.2, 0.25) is 0 Å². The van der Waals surface area contributed by atoms with Crippen molar-refractivity contribution in [3.05, 3.63) is 77.1 Å². The Hall–Kier alpha value is -3.01. The zero-order valence-corrected chi connectivity index (χ0v) is 16.5. The summed E-state index contributed by atoms with van der Waals surface area (Å²) in [5.41, 5.74) is 4.77. The molecule has 4 nitrogen and oxygen atoms in total. The van der Waals surface area contributed by atoms with Crippen molar-refractivity contribution in [1.82, 2.24) is 10.3 Å². The molecule has 0 aliphatic carbocycles. The smallest absolute Gasteiger partial charge is 0.339 e. The van der Waals surface area contributed by atoms with E-state index in [4.69, 9.17) is 0 Å². The monoisotopic (exact) mass is 374 g/mol. The number of carboxylic acids is 1. The lowest BCUT2D eigenvalue weighted by molar-refractivity contribution is -0.130. The standard InChI is InChI=1S/C24H26N2O2/c1-4-19-24(2,3)21-16-12-8-9-13-17(16)26-22(21)20(23(27)28)18(25-19)14-15-10-6-5-7-11-15/h5-13,19,25-26H,4,14H2,1-3H3,(H,27,28). The second-order valence-corrected chi connectivity index (χ2v) is 8.07. The summed E-state index contributed by atoms with van der Waals surface area (Å²) in [6.45, 7) is 6.57. The predicted octanol–water partition coefficient (Wildman–Crippen LogP) is 4.87. The highest BCUT2D eigenvalue weighted by molar-refractivity contribution is 6.18. The Morgan fingerprint density at radius 1 is 1.07 bits per heavy atom. The molecule has 0 bridgehead atoms. The van der Waals surface area contributed by atoms with Crippen LogP contribution in [0.3, 0.4) is 0 Å². The van der Waals surface area contributed by atoms with Gasteiger partial charge in [-0.25, -0.2) is 4.79 Å². The van der Waals surface area contributed by atoms with Crippen LogP contribution in [-0.2, 0) is 16.6 Å². The molecule has 3 aromatic rings. The third-order valence-corrected chi connectivity index (χ3v) is 5.97. The molecule has 28 heavy (non-hydrogen) atoms. The number of benzene rings is 2. The molecule has 2 aromatic carbocycles. The molecule has 0 saturated carbocycles. The Kier molecular flexibility index (Phi) is 4.50. The predicted molar refractivity (Wildman–Crippen MR) is 113 cm³/mol. The highest BCUT2D eigenvalue weighted by atomic mass is 16.4. The van der Waals surface area contributed by atoms with Crippen LogP contribution in [-0.4, -0.2) is 22.1 Å². The fourth-order valence-corrected chi connectivity index (χ4v) is 4.57. The number of allylic oxidation sites excluding steroid dienone is 1. The van der Waals surface area contributed by atoms with Gasteiger partial charge < -0.3 is 15.4 Å². The average molecular weight is 374 g/mol. The van der Waals surface area contributed by atoms with Gasteiger partial charge in [-0.2, -0.15) is 0 Å². The maximum absolute atomic E-state index is 12.4. The molecule has 1 aliphatic heterocycles. The summed E-state index contributed by atoms with van der Waals surface area (Å²) < 4.78 is 0. The van der Waals surface area contributed by atoms with E-state index in [1.807, 2.05) is 48.5 Å². The van der Waals surface area contributed by atoms with E-state index in [0.717, 1.165) is 39.8 Å². The summed E-state index contributed by atoms with van der Waals surface area (Å²) >= 11 is 0. The highest BCUT2D eigenvalue weighted by Gasteiger charge is 2.40. The second-order valence-electron chi connectivity index (χ2n) is 8.07. The average Bonchev–Trinajstić information content (AvgIpc) is 3.02. The number of aromatic nitrogens is 1. The minimum absolute atomic E-state index is 0.126. The second kappa shape index (κ2) is 6.86. The van der Waals surface area contributed by atoms with Crippen LogP contribution in [0.15, 0.2) is 60.3 Å². The van der Waals surface area contributed by atoms with Crippen molar-refractivity contribution in [1.29, 1.82) is 0 Å². The molecule has 144 valence electrons. The molecule has 0 spiro atoms. The number of carbonyl (C=O) groups is 1. The van der Waals surface area contributed by atoms with Gasteiger partial charge in [-0.05, 0) is 23.6 Å². The van der Waals surface area contributed by atoms with Crippen LogP contribution in [0.5, 0.6) is 0 Å². The van der Waals surface area contributed by atoms with Gasteiger partial charge in [-0.3, -0.25) is 0 Å². The Labute approximate surface area is 165 Å². The summed E-state index contributed by atoms with van der Waals surface area (Å²) in [7, 11) is 0. The summed E-state index contributed by atoms with van der Waals surface area (Å²) in [5, 5.41) is 14.9. The van der Waals surface area contributed by atoms with Gasteiger partial charge in [0.2, 0.25) is 0 Å². The van der Waals surface area contributed by atoms with Crippen molar-refractivity contribution in [2.75, 3.05) is 0 Å². The molecule has 1 unspecified atom stereocenters. The number of para-hydroxylation sites is 1. The maximum Gasteiger partial charge on any atom is 0.339 e. The highest BCUT2D eigenvalue weighted by Crippen LogP contribution is 2.43. The number of hydrogen-bond donors (Lipinski definition) is 3. The molecule has 1 aliphatic rings. The minimum Gasteiger partial charge on any atom is -0.478 e. The van der Waals surface area contributed by atoms with E-state index in [1.54, 1.807) is 0 Å². The molecule has 1 atom stereocenters. The summed E-state index contributed by atoms with van der Waals surface area (Å²) in [6.07, 6.45) is 1.46. The number of rotatable bonds is 4. The van der Waals surface area contributed by atoms with E-state index in [2.05, 4.69) is 37.1 Å². The van der Waals surface area contributed by atoms with Gasteiger partial charge in [0.1, 0.15) is 5.57 Å². The van der Waals surface area contributed by atoms with Crippen molar-refractivity contribution in [3.63, 3.8) is 0 Å². The summed E-state index contributed by atoms with van der Waals surface area (Å²) in [6, 6.07) is 18.3. The zero-order chi connectivity index (χ0) is 19.9. The molecule has 3 N–H and O–H groups in total. The third kappa shape index (κ3) is 2.89. The van der Waals surface area contributed by atoms with E-state index in [-0.39, 0.29) is 11.5 Å². The van der Waals surface area contributed by atoms with Gasteiger partial charge in [-0.1, -0.05) is 69.3 Å². The van der Waals surface area contributed by atoms with Gasteiger partial charge in [0, 0.05) is 34.5 Å². The fourth-order valence-electron chi connectivity index (χ4n) is 4.57. The van der Waals surface area contributed by atoms with E-state index in [0.29, 0.717) is 12.0 Å². The van der Waals surface area contributed by atoms with Gasteiger partial charge >= 0.3 is 5.97 Å². The Bertz CT molecular complexity index is 1060. The topological polar surface area (TPSA) is 65.1 Å². The lowest BCUT2D eigenvalue weighted by Gasteiger charge is -2.34. The zero-order valence-electron chi connectivity index (χ0n) is 16.5. The molecule has 4 heteroatoms. The van der Waals surface area contributed by atoms with Crippen LogP contribution < -0.4 is 5.32 Å². The van der Waals surface area contributed by atoms with Gasteiger partial charge in [0.15, 0.2) is 0 Å². The number of carboxylic acid groups (broad SMARTS) is 1. The van der Waals surface area contributed by atoms with E-state index >= 15 is 0 Å². The lowest BCUT2D eigenvalue weighted by atomic mass is 9.75. The van der Waals surface area contributed by atoms with Crippen LogP contribution >= 0.6 is 0 Å². The quantitative estimate of drug-likeness (QED) is 0.611. The summed E-state index contributed by atoms with van der Waals surface area (Å²) in [4.78, 5) is 15.9. The fraction of sp³-hybridized carbons (Fsp3) is 0.292. The van der Waals surface area contributed by atoms with Crippen molar-refractivity contribution in [2.45, 2.75) is 45.1 Å². The van der Waals surface area contributed by atoms with Gasteiger partial charge in [0.05, 0.1) is 5.69 Å². The molecule has 4 rings (SSSR count). The molecular formula is C24H26N2O2. The third-order valence-electron chi connectivity index (χ3n) is 5.97. The normalized spacial score (nSPS) is 18.5. The van der Waals surface area contributed by atoms with Gasteiger partial charge in [0.25, 0.3) is 0 Å². The first-order valence-corrected chi connectivity index (χ1v) is 9.82. The van der Waals surface area contributed by atoms with Crippen LogP contribution in [0.1, 0.15) is 44.0 Å². The molecule has 1 aromatic heterocycles.